The van der Waals surface area contributed by atoms with Crippen LogP contribution >= 0.6 is 0 Å². The molecule has 0 aliphatic rings. The van der Waals surface area contributed by atoms with Crippen LogP contribution in [0.3, 0.4) is 0 Å². The molecular weight excluding hydrogens is 671 g/mol. The van der Waals surface area contributed by atoms with E-state index in [9.17, 15) is 0 Å². The van der Waals surface area contributed by atoms with Crippen molar-refractivity contribution in [3.63, 3.8) is 0 Å². The molecule has 0 amide bonds. The molecule has 11 aromatic rings. The number of rotatable bonds is 6. The van der Waals surface area contributed by atoms with E-state index in [1.54, 1.807) is 0 Å². The minimum Gasteiger partial charge on any atom is -0.456 e. The number of benzene rings is 9. The van der Waals surface area contributed by atoms with Crippen LogP contribution in [0.4, 0.5) is 17.1 Å². The second kappa shape index (κ2) is 12.6. The maximum absolute atomic E-state index is 6.67. The minimum absolute atomic E-state index is 0.840. The molecule has 0 aliphatic heterocycles. The van der Waals surface area contributed by atoms with Gasteiger partial charge in [0.25, 0.3) is 0 Å². The van der Waals surface area contributed by atoms with Gasteiger partial charge in [-0.25, -0.2) is 0 Å². The molecule has 0 saturated carbocycles. The number of hydrogen-bond acceptors (Lipinski definition) is 3. The molecule has 0 spiro atoms. The fourth-order valence-electron chi connectivity index (χ4n) is 8.31. The third-order valence-electron chi connectivity index (χ3n) is 10.9. The Bertz CT molecular complexity index is 3220. The Morgan fingerprint density at radius 2 is 0.927 bits per heavy atom. The predicted octanol–water partition coefficient (Wildman–Crippen LogP) is 15.1. The summed E-state index contributed by atoms with van der Waals surface area (Å²) >= 11 is 0. The van der Waals surface area contributed by atoms with Crippen molar-refractivity contribution >= 4 is 71.7 Å². The van der Waals surface area contributed by atoms with Gasteiger partial charge in [-0.3, -0.25) is 0 Å². The van der Waals surface area contributed by atoms with Crippen LogP contribution in [0.2, 0.25) is 0 Å². The Kier molecular flexibility index (Phi) is 7.17. The first kappa shape index (κ1) is 31.2. The molecule has 9 aromatic carbocycles. The van der Waals surface area contributed by atoms with Gasteiger partial charge in [0.2, 0.25) is 0 Å². The van der Waals surface area contributed by atoms with Crippen LogP contribution in [-0.4, -0.2) is 0 Å². The highest BCUT2D eigenvalue weighted by atomic mass is 16.3. The van der Waals surface area contributed by atoms with Crippen molar-refractivity contribution in [1.29, 1.82) is 0 Å². The Morgan fingerprint density at radius 1 is 0.309 bits per heavy atom. The summed E-state index contributed by atoms with van der Waals surface area (Å²) in [4.78, 5) is 2.44. The van der Waals surface area contributed by atoms with Crippen LogP contribution in [0.25, 0.3) is 88.0 Å². The number of furan rings is 2. The van der Waals surface area contributed by atoms with Gasteiger partial charge in [0.05, 0.1) is 22.4 Å². The van der Waals surface area contributed by atoms with E-state index in [1.165, 1.54) is 10.8 Å². The van der Waals surface area contributed by atoms with Crippen molar-refractivity contribution in [2.24, 2.45) is 0 Å². The molecule has 3 nitrogen and oxygen atoms in total. The summed E-state index contributed by atoms with van der Waals surface area (Å²) in [5.41, 5.74) is 13.2. The van der Waals surface area contributed by atoms with Gasteiger partial charge in [-0.2, -0.15) is 0 Å². The fourth-order valence-corrected chi connectivity index (χ4v) is 8.31. The molecule has 55 heavy (non-hydrogen) atoms. The number of nitrogens with zero attached hydrogens (tertiary/aromatic N) is 1. The van der Waals surface area contributed by atoms with E-state index in [2.05, 4.69) is 187 Å². The van der Waals surface area contributed by atoms with Crippen molar-refractivity contribution in [2.75, 3.05) is 4.90 Å². The lowest BCUT2D eigenvalue weighted by Gasteiger charge is -2.31. The summed E-state index contributed by atoms with van der Waals surface area (Å²) in [6.45, 7) is 0. The molecule has 0 radical (unpaired) electrons. The second-order valence-corrected chi connectivity index (χ2v) is 14.0. The SMILES string of the molecule is c1ccc(-c2ccc(-c3ccc4ccccc4c3)cc2N(c2ccccc2-c2cccc3c2oc2ccccc23)c2cccc3oc4ccccc4c23)cc1. The van der Waals surface area contributed by atoms with Gasteiger partial charge >= 0.3 is 0 Å². The second-order valence-electron chi connectivity index (χ2n) is 14.0. The van der Waals surface area contributed by atoms with E-state index >= 15 is 0 Å². The molecule has 0 atom stereocenters. The highest BCUT2D eigenvalue weighted by Crippen LogP contribution is 2.50. The zero-order chi connectivity index (χ0) is 36.3. The molecule has 3 heteroatoms. The maximum atomic E-state index is 6.67. The topological polar surface area (TPSA) is 29.5 Å². The van der Waals surface area contributed by atoms with Crippen molar-refractivity contribution in [2.45, 2.75) is 0 Å². The third kappa shape index (κ3) is 5.13. The van der Waals surface area contributed by atoms with Gasteiger partial charge in [0.1, 0.15) is 22.3 Å². The number of hydrogen-bond donors (Lipinski definition) is 0. The average molecular weight is 704 g/mol. The van der Waals surface area contributed by atoms with Crippen LogP contribution < -0.4 is 4.90 Å². The Hall–Kier alpha value is -7.36. The smallest absolute Gasteiger partial charge is 0.143 e. The zero-order valence-electron chi connectivity index (χ0n) is 29.8. The van der Waals surface area contributed by atoms with E-state index in [1.807, 2.05) is 18.2 Å². The number of anilines is 3. The summed E-state index contributed by atoms with van der Waals surface area (Å²) in [5.74, 6) is 0. The van der Waals surface area contributed by atoms with Gasteiger partial charge in [0.15, 0.2) is 0 Å². The van der Waals surface area contributed by atoms with Crippen LogP contribution in [0.15, 0.2) is 209 Å². The van der Waals surface area contributed by atoms with Gasteiger partial charge in [-0.05, 0) is 69.9 Å². The first-order valence-electron chi connectivity index (χ1n) is 18.7. The molecule has 11 rings (SSSR count). The Morgan fingerprint density at radius 3 is 1.82 bits per heavy atom. The molecule has 0 unspecified atom stereocenters. The van der Waals surface area contributed by atoms with E-state index in [0.717, 1.165) is 94.3 Å². The molecular formula is C52H33NO2. The van der Waals surface area contributed by atoms with Crippen LogP contribution in [-0.2, 0) is 0 Å². The highest BCUT2D eigenvalue weighted by molar-refractivity contribution is 6.16. The Balaban J connectivity index is 1.24. The summed E-state index contributed by atoms with van der Waals surface area (Å²) in [6.07, 6.45) is 0. The molecule has 258 valence electrons. The fraction of sp³-hybridized carbons (Fsp3) is 0. The van der Waals surface area contributed by atoms with Gasteiger partial charge in [-0.15, -0.1) is 0 Å². The van der Waals surface area contributed by atoms with E-state index < -0.39 is 0 Å². The lowest BCUT2D eigenvalue weighted by atomic mass is 9.94. The first-order chi connectivity index (χ1) is 27.3. The van der Waals surface area contributed by atoms with E-state index in [-0.39, 0.29) is 0 Å². The summed E-state index contributed by atoms with van der Waals surface area (Å²) in [7, 11) is 0. The quantitative estimate of drug-likeness (QED) is 0.173. The molecule has 0 saturated heterocycles. The lowest BCUT2D eigenvalue weighted by molar-refractivity contribution is 0.669. The van der Waals surface area contributed by atoms with Gasteiger partial charge < -0.3 is 13.7 Å². The molecule has 0 aliphatic carbocycles. The van der Waals surface area contributed by atoms with Crippen LogP contribution in [0.5, 0.6) is 0 Å². The monoisotopic (exact) mass is 703 g/mol. The lowest BCUT2D eigenvalue weighted by Crippen LogP contribution is -2.13. The zero-order valence-corrected chi connectivity index (χ0v) is 29.8. The minimum atomic E-state index is 0.840. The normalized spacial score (nSPS) is 11.6. The summed E-state index contributed by atoms with van der Waals surface area (Å²) < 4.78 is 13.2. The predicted molar refractivity (Wildman–Crippen MR) is 229 cm³/mol. The van der Waals surface area contributed by atoms with E-state index in [4.69, 9.17) is 8.83 Å². The van der Waals surface area contributed by atoms with Gasteiger partial charge in [0, 0.05) is 32.8 Å². The van der Waals surface area contributed by atoms with Gasteiger partial charge in [-0.1, -0.05) is 158 Å². The largest absolute Gasteiger partial charge is 0.456 e. The highest BCUT2D eigenvalue weighted by Gasteiger charge is 2.26. The molecule has 0 fully saturated rings. The Labute approximate surface area is 317 Å². The molecule has 2 heterocycles. The van der Waals surface area contributed by atoms with Crippen LogP contribution in [0.1, 0.15) is 0 Å². The maximum Gasteiger partial charge on any atom is 0.143 e. The number of para-hydroxylation sites is 4. The molecule has 0 N–H and O–H groups in total. The average Bonchev–Trinajstić information content (AvgIpc) is 3.83. The van der Waals surface area contributed by atoms with Crippen molar-refractivity contribution in [3.05, 3.63) is 200 Å². The molecule has 0 bridgehead atoms. The standard InChI is InChI=1S/C52H33NO2/c1-2-15-35(16-3-1)39-31-30-38(37-29-28-34-14-4-5-17-36(34)32-37)33-47(39)53(46-24-13-27-50-51(46)44-20-8-11-26-49(44)54-50)45-23-9-6-18-40(45)42-21-12-22-43-41-19-7-10-25-48(41)55-52(42)43/h1-33H. The van der Waals surface area contributed by atoms with Crippen molar-refractivity contribution in [3.8, 4) is 33.4 Å². The van der Waals surface area contributed by atoms with Crippen molar-refractivity contribution in [1.82, 2.24) is 0 Å². The molecule has 2 aromatic heterocycles. The summed E-state index contributed by atoms with van der Waals surface area (Å²) in [5, 5.41) is 6.77. The number of fused-ring (bicyclic) bond motifs is 7. The van der Waals surface area contributed by atoms with Crippen LogP contribution in [0, 0.1) is 0 Å². The third-order valence-corrected chi connectivity index (χ3v) is 10.9. The van der Waals surface area contributed by atoms with E-state index in [0.29, 0.717) is 0 Å². The summed E-state index contributed by atoms with van der Waals surface area (Å²) in [6, 6.07) is 71.1. The van der Waals surface area contributed by atoms with Crippen molar-refractivity contribution < 1.29 is 8.83 Å². The first-order valence-corrected chi connectivity index (χ1v) is 18.7.